The van der Waals surface area contributed by atoms with Gasteiger partial charge in [0.15, 0.2) is 0 Å². The molecule has 1 aliphatic heterocycles. The van der Waals surface area contributed by atoms with Crippen LogP contribution in [0.5, 0.6) is 0 Å². The van der Waals surface area contributed by atoms with Crippen molar-refractivity contribution in [2.45, 2.75) is 18.4 Å². The molecule has 2 N–H and O–H groups in total. The van der Waals surface area contributed by atoms with E-state index in [1.165, 1.54) is 12.1 Å². The lowest BCUT2D eigenvalue weighted by molar-refractivity contribution is -0.139. The first-order valence-corrected chi connectivity index (χ1v) is 10.6. The van der Waals surface area contributed by atoms with Gasteiger partial charge < -0.3 is 10.6 Å². The van der Waals surface area contributed by atoms with E-state index in [2.05, 4.69) is 26.6 Å². The Bertz CT molecular complexity index is 1400. The van der Waals surface area contributed by atoms with Crippen LogP contribution in [0.4, 0.5) is 40.8 Å². The van der Waals surface area contributed by atoms with Crippen molar-refractivity contribution in [3.8, 4) is 0 Å². The molecular formula is C23H11BrF8N2O2. The third-order valence-corrected chi connectivity index (χ3v) is 5.78. The summed E-state index contributed by atoms with van der Waals surface area (Å²) in [5.74, 6) is -4.44. The van der Waals surface area contributed by atoms with E-state index in [1.54, 1.807) is 0 Å². The Balaban J connectivity index is 1.83. The van der Waals surface area contributed by atoms with Gasteiger partial charge in [0.05, 0.1) is 17.2 Å². The number of fused-ring (bicyclic) bond motifs is 1. The van der Waals surface area contributed by atoms with E-state index in [4.69, 9.17) is 0 Å². The lowest BCUT2D eigenvalue weighted by Gasteiger charge is -2.21. The molecule has 13 heteroatoms. The van der Waals surface area contributed by atoms with Gasteiger partial charge in [-0.3, -0.25) is 9.59 Å². The molecule has 1 unspecified atom stereocenters. The van der Waals surface area contributed by atoms with Crippen LogP contribution in [-0.4, -0.2) is 11.8 Å². The maximum absolute atomic E-state index is 13.9. The zero-order valence-electron chi connectivity index (χ0n) is 17.4. The zero-order valence-corrected chi connectivity index (χ0v) is 19.0. The molecule has 3 aromatic carbocycles. The van der Waals surface area contributed by atoms with Crippen molar-refractivity contribution in [2.24, 2.45) is 0 Å². The molecule has 0 saturated carbocycles. The van der Waals surface area contributed by atoms with Crippen LogP contribution in [0.25, 0.3) is 0 Å². The minimum absolute atomic E-state index is 0.169. The highest BCUT2D eigenvalue weighted by Gasteiger charge is 2.41. The van der Waals surface area contributed by atoms with E-state index >= 15 is 0 Å². The molecule has 188 valence electrons. The van der Waals surface area contributed by atoms with E-state index in [-0.39, 0.29) is 27.4 Å². The third-order valence-electron chi connectivity index (χ3n) is 5.32. The number of carbonyl (C=O) groups is 2. The summed E-state index contributed by atoms with van der Waals surface area (Å²) >= 11 is 3.09. The van der Waals surface area contributed by atoms with Crippen LogP contribution < -0.4 is 10.6 Å². The van der Waals surface area contributed by atoms with Crippen LogP contribution in [0.15, 0.2) is 53.0 Å². The minimum Gasteiger partial charge on any atom is -0.341 e. The van der Waals surface area contributed by atoms with E-state index in [1.807, 2.05) is 0 Å². The maximum Gasteiger partial charge on any atom is 0.416 e. The highest BCUT2D eigenvalue weighted by Crippen LogP contribution is 2.43. The highest BCUT2D eigenvalue weighted by atomic mass is 79.9. The molecule has 4 nitrogen and oxygen atoms in total. The molecule has 1 atom stereocenters. The quantitative estimate of drug-likeness (QED) is 0.334. The molecule has 0 saturated heterocycles. The lowest BCUT2D eigenvalue weighted by Crippen LogP contribution is -2.24. The zero-order chi connectivity index (χ0) is 26.6. The number of alkyl halides is 6. The summed E-state index contributed by atoms with van der Waals surface area (Å²) in [5.41, 5.74) is -4.68. The van der Waals surface area contributed by atoms with Crippen molar-refractivity contribution in [1.82, 2.24) is 5.32 Å². The van der Waals surface area contributed by atoms with Gasteiger partial charge in [-0.2, -0.15) is 26.3 Å². The first kappa shape index (κ1) is 25.6. The fraction of sp³-hybridized carbons (Fsp3) is 0.130. The van der Waals surface area contributed by atoms with Gasteiger partial charge >= 0.3 is 12.4 Å². The number of nitrogens with one attached hydrogen (secondary N) is 2. The van der Waals surface area contributed by atoms with Crippen LogP contribution >= 0.6 is 15.9 Å². The van der Waals surface area contributed by atoms with Crippen LogP contribution in [0, 0.1) is 11.6 Å². The Labute approximate surface area is 205 Å². The molecule has 0 aliphatic carbocycles. The molecule has 0 aromatic heterocycles. The summed E-state index contributed by atoms with van der Waals surface area (Å²) in [7, 11) is 0. The summed E-state index contributed by atoms with van der Waals surface area (Å²) in [6.07, 6.45) is -9.88. The lowest BCUT2D eigenvalue weighted by atomic mass is 9.92. The first-order chi connectivity index (χ1) is 16.6. The normalized spacial score (nSPS) is 15.5. The summed E-state index contributed by atoms with van der Waals surface area (Å²) < 4.78 is 108. The van der Waals surface area contributed by atoms with E-state index < -0.39 is 64.1 Å². The maximum atomic E-state index is 13.9. The smallest absolute Gasteiger partial charge is 0.341 e. The molecular weight excluding hydrogens is 568 g/mol. The van der Waals surface area contributed by atoms with E-state index in [9.17, 15) is 44.7 Å². The van der Waals surface area contributed by atoms with Crippen molar-refractivity contribution >= 4 is 33.4 Å². The molecule has 36 heavy (non-hydrogen) atoms. The first-order valence-electron chi connectivity index (χ1n) is 9.85. The summed E-state index contributed by atoms with van der Waals surface area (Å²) in [4.78, 5) is 25.3. The number of carbonyl (C=O) groups excluding carboxylic acids is 2. The fourth-order valence-electron chi connectivity index (χ4n) is 3.84. The van der Waals surface area contributed by atoms with Crippen molar-refractivity contribution in [1.29, 1.82) is 0 Å². The molecule has 2 amide bonds. The van der Waals surface area contributed by atoms with Gasteiger partial charge in [0.2, 0.25) is 0 Å². The largest absolute Gasteiger partial charge is 0.416 e. The number of halogens is 9. The van der Waals surface area contributed by atoms with Gasteiger partial charge in [0, 0.05) is 26.9 Å². The Hall–Kier alpha value is -3.48. The standard InChI is InChI=1S/C23H11BrF8N2O2/c24-11-6-15-18(19(34-21(15)36)14-8-12(25)1-2-16(14)23(30,31)32)17(7-11)33-20(35)9-3-10(22(27,28)29)5-13(26)4-9/h1-8,19H,(H,33,35)(H,34,36). The number of rotatable bonds is 3. The van der Waals surface area contributed by atoms with Crippen LogP contribution in [0.2, 0.25) is 0 Å². The molecule has 0 bridgehead atoms. The number of amides is 2. The van der Waals surface area contributed by atoms with Crippen LogP contribution in [0.3, 0.4) is 0 Å². The molecule has 1 heterocycles. The molecule has 0 radical (unpaired) electrons. The molecule has 0 spiro atoms. The Morgan fingerprint density at radius 1 is 0.889 bits per heavy atom. The van der Waals surface area contributed by atoms with Crippen molar-refractivity contribution in [2.75, 3.05) is 5.32 Å². The second-order valence-corrected chi connectivity index (χ2v) is 8.65. The fourth-order valence-corrected chi connectivity index (χ4v) is 4.30. The number of hydrogen-bond donors (Lipinski definition) is 2. The van der Waals surface area contributed by atoms with Crippen LogP contribution in [0.1, 0.15) is 49.0 Å². The molecule has 3 aromatic rings. The second-order valence-electron chi connectivity index (χ2n) is 7.73. The highest BCUT2D eigenvalue weighted by molar-refractivity contribution is 9.10. The number of anilines is 1. The van der Waals surface area contributed by atoms with Crippen molar-refractivity contribution in [3.63, 3.8) is 0 Å². The number of hydrogen-bond acceptors (Lipinski definition) is 2. The van der Waals surface area contributed by atoms with Crippen LogP contribution in [-0.2, 0) is 12.4 Å². The van der Waals surface area contributed by atoms with E-state index in [0.29, 0.717) is 30.3 Å². The SMILES string of the molecule is O=C(Nc1cc(Br)cc2c1C(c1cc(F)ccc1C(F)(F)F)NC2=O)c1cc(F)cc(C(F)(F)F)c1. The number of benzene rings is 3. The molecule has 4 rings (SSSR count). The Morgan fingerprint density at radius 2 is 1.58 bits per heavy atom. The average Bonchev–Trinajstić information content (AvgIpc) is 3.08. The molecule has 1 aliphatic rings. The van der Waals surface area contributed by atoms with Gasteiger partial charge in [-0.05, 0) is 54.1 Å². The second kappa shape index (κ2) is 8.87. The van der Waals surface area contributed by atoms with Gasteiger partial charge in [-0.1, -0.05) is 15.9 Å². The van der Waals surface area contributed by atoms with Gasteiger partial charge in [0.1, 0.15) is 11.6 Å². The predicted molar refractivity (Wildman–Crippen MR) is 114 cm³/mol. The van der Waals surface area contributed by atoms with Crippen molar-refractivity contribution < 1.29 is 44.7 Å². The molecule has 0 fully saturated rings. The predicted octanol–water partition coefficient (Wildman–Crippen LogP) is 6.85. The monoisotopic (exact) mass is 578 g/mol. The summed E-state index contributed by atoms with van der Waals surface area (Å²) in [6, 6.07) is 3.67. The summed E-state index contributed by atoms with van der Waals surface area (Å²) in [5, 5.41) is 4.54. The van der Waals surface area contributed by atoms with Gasteiger partial charge in [0.25, 0.3) is 11.8 Å². The Morgan fingerprint density at radius 3 is 2.22 bits per heavy atom. The summed E-state index contributed by atoms with van der Waals surface area (Å²) in [6.45, 7) is 0. The topological polar surface area (TPSA) is 58.2 Å². The van der Waals surface area contributed by atoms with Gasteiger partial charge in [-0.25, -0.2) is 8.78 Å². The Kier molecular flexibility index (Phi) is 6.31. The average molecular weight is 579 g/mol. The van der Waals surface area contributed by atoms with Gasteiger partial charge in [-0.15, -0.1) is 0 Å². The minimum atomic E-state index is -4.96. The van der Waals surface area contributed by atoms with E-state index in [0.717, 1.165) is 0 Å². The van der Waals surface area contributed by atoms with Crippen molar-refractivity contribution in [3.05, 3.63) is 98.0 Å². The third kappa shape index (κ3) is 4.92.